The normalized spacial score (nSPS) is 20.3. The van der Waals surface area contributed by atoms with E-state index in [2.05, 4.69) is 80.5 Å². The zero-order valence-corrected chi connectivity index (χ0v) is 18.6. The predicted molar refractivity (Wildman–Crippen MR) is 96.7 cm³/mol. The zero-order chi connectivity index (χ0) is 14.7. The number of fused-ring (bicyclic) bond motifs is 2. The number of hydrogen-bond acceptors (Lipinski definition) is 0. The summed E-state index contributed by atoms with van der Waals surface area (Å²) < 4.78 is 0. The molecule has 24 heavy (non-hydrogen) atoms. The molecule has 0 radical (unpaired) electrons. The van der Waals surface area contributed by atoms with Gasteiger partial charge in [0.15, 0.2) is 0 Å². The van der Waals surface area contributed by atoms with Crippen LogP contribution in [0.25, 0.3) is 10.8 Å². The number of halogens is 2. The molecule has 2 aliphatic carbocycles. The van der Waals surface area contributed by atoms with Gasteiger partial charge in [-0.3, -0.25) is 0 Å². The van der Waals surface area contributed by atoms with Crippen LogP contribution in [0, 0.1) is 18.3 Å². The molecule has 1 saturated carbocycles. The summed E-state index contributed by atoms with van der Waals surface area (Å²) in [5, 5.41) is 4.26. The first kappa shape index (κ1) is 23.5. The van der Waals surface area contributed by atoms with E-state index in [9.17, 15) is 0 Å². The van der Waals surface area contributed by atoms with E-state index in [4.69, 9.17) is 0 Å². The van der Waals surface area contributed by atoms with Crippen molar-refractivity contribution in [1.82, 2.24) is 0 Å². The molecular formula is C20H23F2HfP. The summed E-state index contributed by atoms with van der Waals surface area (Å²) in [4.78, 5) is 0. The molecule has 2 atom stereocenters. The monoisotopic (exact) mass is 512 g/mol. The van der Waals surface area contributed by atoms with Crippen LogP contribution in [0.3, 0.4) is 0 Å². The Balaban J connectivity index is 0.000000402. The second-order valence-corrected chi connectivity index (χ2v) is 8.37. The van der Waals surface area contributed by atoms with Crippen LogP contribution in [0.2, 0.25) is 0 Å². The standard InChI is InChI=1S/C11H12P.C9H11.2FH.Hf/c1-12(2)11-7-9-5-3-4-6-10(9)8-11;1-2-5-9-7-3-6-8(9)4-1;;;/h3-8H,1-2H3;1-2,4-6,8-9H,3,7H2;2*1H;/q2*-1;;;+4/p-2. The third-order valence-electron chi connectivity index (χ3n) is 4.36. The molecule has 2 aliphatic rings. The van der Waals surface area contributed by atoms with Crippen molar-refractivity contribution in [3.63, 3.8) is 0 Å². The predicted octanol–water partition coefficient (Wildman–Crippen LogP) is -0.726. The summed E-state index contributed by atoms with van der Waals surface area (Å²) in [6.07, 6.45) is 14.1. The molecule has 4 heteroatoms. The summed E-state index contributed by atoms with van der Waals surface area (Å²) in [7, 11) is 0.0576. The summed E-state index contributed by atoms with van der Waals surface area (Å²) in [5.41, 5.74) is 0. The summed E-state index contributed by atoms with van der Waals surface area (Å²) in [5.74, 6) is 1.62. The average Bonchev–Trinajstić information content (AvgIpc) is 3.14. The fraction of sp³-hybridized carbons (Fsp3) is 0.300. The van der Waals surface area contributed by atoms with Gasteiger partial charge in [-0.05, 0) is 19.2 Å². The van der Waals surface area contributed by atoms with Gasteiger partial charge in [0, 0.05) is 0 Å². The Labute approximate surface area is 164 Å². The van der Waals surface area contributed by atoms with Gasteiger partial charge < -0.3 is 15.8 Å². The fourth-order valence-corrected chi connectivity index (χ4v) is 3.88. The molecule has 0 nitrogen and oxygen atoms in total. The molecule has 4 rings (SSSR count). The first-order valence-electron chi connectivity index (χ1n) is 7.75. The van der Waals surface area contributed by atoms with Crippen LogP contribution in [0.5, 0.6) is 0 Å². The minimum atomic E-state index is 0. The quantitative estimate of drug-likeness (QED) is 0.270. The molecule has 0 heterocycles. The molecule has 126 valence electrons. The summed E-state index contributed by atoms with van der Waals surface area (Å²) >= 11 is 0. The topological polar surface area (TPSA) is 0 Å². The zero-order valence-electron chi connectivity index (χ0n) is 14.1. The molecule has 0 aromatic heterocycles. The van der Waals surface area contributed by atoms with Gasteiger partial charge in [-0.25, -0.2) is 0 Å². The third-order valence-corrected chi connectivity index (χ3v) is 5.65. The molecule has 0 amide bonds. The van der Waals surface area contributed by atoms with E-state index in [-0.39, 0.29) is 43.2 Å². The fourth-order valence-electron chi connectivity index (χ4n) is 3.09. The molecule has 0 spiro atoms. The Morgan fingerprint density at radius 3 is 2.42 bits per heavy atom. The van der Waals surface area contributed by atoms with E-state index in [0.717, 1.165) is 11.8 Å². The second kappa shape index (κ2) is 11.2. The Bertz CT molecular complexity index is 609. The van der Waals surface area contributed by atoms with E-state index >= 15 is 0 Å². The first-order chi connectivity index (χ1) is 10.2. The number of allylic oxidation sites excluding steroid dienone is 4. The SMILES string of the molecule is C1=CC2[CH-]CCC2C=C1.CP(C)c1cc2ccccc2[cH-]1.[F-].[F-].[Hf+4]. The maximum atomic E-state index is 2.42. The van der Waals surface area contributed by atoms with Gasteiger partial charge in [-0.15, -0.1) is 60.3 Å². The largest absolute Gasteiger partial charge is 4.00 e. The van der Waals surface area contributed by atoms with Gasteiger partial charge in [-0.2, -0.15) is 12.5 Å². The number of rotatable bonds is 1. The van der Waals surface area contributed by atoms with Gasteiger partial charge in [0.2, 0.25) is 0 Å². The van der Waals surface area contributed by atoms with Crippen molar-refractivity contribution >= 4 is 24.0 Å². The Morgan fingerprint density at radius 1 is 1.04 bits per heavy atom. The van der Waals surface area contributed by atoms with Gasteiger partial charge in [-0.1, -0.05) is 30.7 Å². The number of hydrogen-bond donors (Lipinski definition) is 0. The van der Waals surface area contributed by atoms with Gasteiger partial charge >= 0.3 is 25.8 Å². The van der Waals surface area contributed by atoms with Crippen molar-refractivity contribution in [2.75, 3.05) is 13.3 Å². The van der Waals surface area contributed by atoms with Gasteiger partial charge in [0.05, 0.1) is 0 Å². The minimum Gasteiger partial charge on any atom is -1.00 e. The first-order valence-corrected chi connectivity index (χ1v) is 9.99. The third kappa shape index (κ3) is 5.77. The van der Waals surface area contributed by atoms with Crippen molar-refractivity contribution in [2.45, 2.75) is 12.8 Å². The van der Waals surface area contributed by atoms with E-state index in [1.54, 1.807) is 0 Å². The van der Waals surface area contributed by atoms with Crippen LogP contribution in [-0.4, -0.2) is 13.3 Å². The van der Waals surface area contributed by atoms with Crippen LogP contribution < -0.4 is 14.7 Å². The summed E-state index contributed by atoms with van der Waals surface area (Å²) in [6.45, 7) is 4.59. The van der Waals surface area contributed by atoms with Crippen LogP contribution >= 0.6 is 7.92 Å². The molecular weight excluding hydrogens is 488 g/mol. The Kier molecular flexibility index (Phi) is 10.9. The van der Waals surface area contributed by atoms with E-state index < -0.39 is 0 Å². The van der Waals surface area contributed by atoms with E-state index in [0.29, 0.717) is 0 Å². The smallest absolute Gasteiger partial charge is 1.00 e. The van der Waals surface area contributed by atoms with Crippen LogP contribution in [-0.2, 0) is 25.8 Å². The van der Waals surface area contributed by atoms with Crippen molar-refractivity contribution in [3.05, 3.63) is 67.1 Å². The van der Waals surface area contributed by atoms with Crippen molar-refractivity contribution in [3.8, 4) is 0 Å². The van der Waals surface area contributed by atoms with Crippen LogP contribution in [0.15, 0.2) is 60.7 Å². The Morgan fingerprint density at radius 2 is 1.75 bits per heavy atom. The Hall–Kier alpha value is -0.530. The molecule has 0 bridgehead atoms. The molecule has 1 fully saturated rings. The van der Waals surface area contributed by atoms with Gasteiger partial charge in [0.25, 0.3) is 0 Å². The molecule has 0 saturated heterocycles. The molecule has 0 aliphatic heterocycles. The minimum absolute atomic E-state index is 0. The van der Waals surface area contributed by atoms with Crippen molar-refractivity contribution in [1.29, 1.82) is 0 Å². The van der Waals surface area contributed by atoms with Crippen LogP contribution in [0.4, 0.5) is 0 Å². The van der Waals surface area contributed by atoms with Gasteiger partial charge in [0.1, 0.15) is 0 Å². The van der Waals surface area contributed by atoms with E-state index in [1.165, 1.54) is 28.9 Å². The van der Waals surface area contributed by atoms with Crippen molar-refractivity contribution < 1.29 is 35.3 Å². The van der Waals surface area contributed by atoms with E-state index in [1.807, 2.05) is 0 Å². The van der Waals surface area contributed by atoms with Crippen LogP contribution in [0.1, 0.15) is 12.8 Å². The molecule has 0 N–H and O–H groups in total. The van der Waals surface area contributed by atoms with Crippen molar-refractivity contribution in [2.24, 2.45) is 11.8 Å². The molecule has 2 unspecified atom stereocenters. The maximum absolute atomic E-state index is 2.42. The maximum Gasteiger partial charge on any atom is 4.00 e. The number of benzene rings is 1. The molecule has 2 aromatic rings. The average molecular weight is 511 g/mol. The summed E-state index contributed by atoms with van der Waals surface area (Å²) in [6, 6.07) is 13.2. The second-order valence-electron chi connectivity index (χ2n) is 6.06. The molecule has 2 aromatic carbocycles.